The average molecular weight is 275 g/mol. The molecule has 0 amide bonds. The van der Waals surface area contributed by atoms with Crippen LogP contribution in [-0.2, 0) is 4.74 Å². The van der Waals surface area contributed by atoms with Crippen LogP contribution in [0.25, 0.3) is 0 Å². The summed E-state index contributed by atoms with van der Waals surface area (Å²) in [6.45, 7) is 1.97. The quantitative estimate of drug-likeness (QED) is 0.909. The number of rotatable bonds is 3. The van der Waals surface area contributed by atoms with Gasteiger partial charge in [-0.05, 0) is 30.5 Å². The molecule has 2 fully saturated rings. The van der Waals surface area contributed by atoms with E-state index in [9.17, 15) is 4.39 Å². The van der Waals surface area contributed by atoms with Crippen molar-refractivity contribution >= 4 is 0 Å². The summed E-state index contributed by atoms with van der Waals surface area (Å²) >= 11 is 0. The lowest BCUT2D eigenvalue weighted by atomic mass is 9.96. The van der Waals surface area contributed by atoms with Gasteiger partial charge in [0.2, 0.25) is 0 Å². The molecule has 1 aromatic rings. The fraction of sp³-hybridized carbons (Fsp3) is 0.533. The number of morpholine rings is 1. The first-order valence-electron chi connectivity index (χ1n) is 7.01. The van der Waals surface area contributed by atoms with Crippen LogP contribution in [-0.4, -0.2) is 36.7 Å². The van der Waals surface area contributed by atoms with Crippen LogP contribution >= 0.6 is 0 Å². The summed E-state index contributed by atoms with van der Waals surface area (Å²) in [5.74, 6) is -0.477. The van der Waals surface area contributed by atoms with Gasteiger partial charge in [0.25, 0.3) is 0 Å². The Bertz CT molecular complexity index is 538. The lowest BCUT2D eigenvalue weighted by molar-refractivity contribution is -0.0712. The minimum Gasteiger partial charge on any atom is -0.374 e. The molecular weight excluding hydrogens is 257 g/mol. The molecule has 0 spiro atoms. The van der Waals surface area contributed by atoms with Gasteiger partial charge in [-0.25, -0.2) is 4.39 Å². The second kappa shape index (κ2) is 5.49. The molecule has 0 radical (unpaired) electrons. The van der Waals surface area contributed by atoms with E-state index in [1.54, 1.807) is 12.1 Å². The van der Waals surface area contributed by atoms with Crippen molar-refractivity contribution in [3.8, 4) is 6.07 Å². The third-order valence-electron chi connectivity index (χ3n) is 4.09. The van der Waals surface area contributed by atoms with Crippen molar-refractivity contribution in [2.75, 3.05) is 19.7 Å². The number of hydrogen-bond acceptors (Lipinski definition) is 4. The van der Waals surface area contributed by atoms with Gasteiger partial charge in [-0.15, -0.1) is 0 Å². The Morgan fingerprint density at radius 2 is 2.25 bits per heavy atom. The van der Waals surface area contributed by atoms with Crippen molar-refractivity contribution in [1.29, 1.82) is 5.26 Å². The SMILES string of the molecule is N#Cc1cc(C2C(CN)OCCN2C2CC2)ccc1F. The first kappa shape index (κ1) is 13.5. The largest absolute Gasteiger partial charge is 0.374 e. The van der Waals surface area contributed by atoms with Crippen molar-refractivity contribution in [3.63, 3.8) is 0 Å². The topological polar surface area (TPSA) is 62.3 Å². The number of hydrogen-bond donors (Lipinski definition) is 1. The Kier molecular flexibility index (Phi) is 3.70. The van der Waals surface area contributed by atoms with Gasteiger partial charge < -0.3 is 10.5 Å². The highest BCUT2D eigenvalue weighted by Gasteiger charge is 2.40. The van der Waals surface area contributed by atoms with Crippen molar-refractivity contribution < 1.29 is 9.13 Å². The molecule has 1 aromatic carbocycles. The fourth-order valence-corrected chi connectivity index (χ4v) is 2.98. The summed E-state index contributed by atoms with van der Waals surface area (Å²) in [5.41, 5.74) is 6.83. The predicted molar refractivity (Wildman–Crippen MR) is 72.4 cm³/mol. The van der Waals surface area contributed by atoms with Gasteiger partial charge in [0.05, 0.1) is 24.3 Å². The number of halogens is 1. The van der Waals surface area contributed by atoms with E-state index in [2.05, 4.69) is 4.90 Å². The molecule has 0 aromatic heterocycles. The van der Waals surface area contributed by atoms with E-state index < -0.39 is 5.82 Å². The molecule has 2 atom stereocenters. The Morgan fingerprint density at radius 3 is 2.90 bits per heavy atom. The zero-order valence-electron chi connectivity index (χ0n) is 11.3. The summed E-state index contributed by atoms with van der Waals surface area (Å²) in [4.78, 5) is 2.40. The van der Waals surface area contributed by atoms with E-state index in [0.717, 1.165) is 12.1 Å². The van der Waals surface area contributed by atoms with Gasteiger partial charge in [-0.2, -0.15) is 5.26 Å². The van der Waals surface area contributed by atoms with Gasteiger partial charge in [0, 0.05) is 19.1 Å². The highest BCUT2D eigenvalue weighted by molar-refractivity contribution is 5.36. The van der Waals surface area contributed by atoms with Crippen molar-refractivity contribution in [2.45, 2.75) is 31.0 Å². The minimum atomic E-state index is -0.477. The lowest BCUT2D eigenvalue weighted by Crippen LogP contribution is -2.49. The molecule has 0 bridgehead atoms. The minimum absolute atomic E-state index is 0.0222. The van der Waals surface area contributed by atoms with Crippen LogP contribution < -0.4 is 5.73 Å². The van der Waals surface area contributed by atoms with E-state index in [-0.39, 0.29) is 17.7 Å². The molecular formula is C15H18FN3O. The van der Waals surface area contributed by atoms with Crippen LogP contribution in [0.3, 0.4) is 0 Å². The highest BCUT2D eigenvalue weighted by Crippen LogP contribution is 2.38. The molecule has 2 aliphatic rings. The first-order valence-corrected chi connectivity index (χ1v) is 7.01. The van der Waals surface area contributed by atoms with Gasteiger partial charge in [-0.3, -0.25) is 4.90 Å². The number of nitriles is 1. The summed E-state index contributed by atoms with van der Waals surface area (Å²) < 4.78 is 19.3. The fourth-order valence-electron chi connectivity index (χ4n) is 2.98. The Labute approximate surface area is 117 Å². The number of benzene rings is 1. The van der Waals surface area contributed by atoms with Crippen LogP contribution in [0, 0.1) is 17.1 Å². The second-order valence-electron chi connectivity index (χ2n) is 5.41. The molecule has 1 saturated carbocycles. The number of ether oxygens (including phenoxy) is 1. The van der Waals surface area contributed by atoms with Crippen LogP contribution in [0.4, 0.5) is 4.39 Å². The molecule has 20 heavy (non-hydrogen) atoms. The molecule has 1 aliphatic heterocycles. The standard InChI is InChI=1S/C15H18FN3O/c16-13-4-1-10(7-11(13)8-17)15-14(9-18)20-6-5-19(15)12-2-3-12/h1,4,7,12,14-15H,2-3,5-6,9,18H2. The maximum absolute atomic E-state index is 13.5. The molecule has 5 heteroatoms. The van der Waals surface area contributed by atoms with Crippen molar-refractivity contribution in [2.24, 2.45) is 5.73 Å². The third kappa shape index (κ3) is 2.42. The van der Waals surface area contributed by atoms with Crippen LogP contribution in [0.2, 0.25) is 0 Å². The van der Waals surface area contributed by atoms with Gasteiger partial charge in [-0.1, -0.05) is 6.07 Å². The van der Waals surface area contributed by atoms with Crippen molar-refractivity contribution in [1.82, 2.24) is 4.90 Å². The second-order valence-corrected chi connectivity index (χ2v) is 5.41. The Morgan fingerprint density at radius 1 is 1.45 bits per heavy atom. The molecule has 3 rings (SSSR count). The summed E-state index contributed by atoms with van der Waals surface area (Å²) in [5, 5.41) is 8.99. The Hall–Kier alpha value is -1.48. The summed E-state index contributed by atoms with van der Waals surface area (Å²) in [6, 6.07) is 7.24. The molecule has 2 unspecified atom stereocenters. The Balaban J connectivity index is 1.96. The van der Waals surface area contributed by atoms with E-state index >= 15 is 0 Å². The van der Waals surface area contributed by atoms with E-state index in [1.165, 1.54) is 18.9 Å². The molecule has 106 valence electrons. The van der Waals surface area contributed by atoms with Crippen LogP contribution in [0.15, 0.2) is 18.2 Å². The third-order valence-corrected chi connectivity index (χ3v) is 4.09. The molecule has 1 heterocycles. The predicted octanol–water partition coefficient (Wildman–Crippen LogP) is 1.56. The van der Waals surface area contributed by atoms with E-state index in [4.69, 9.17) is 15.7 Å². The van der Waals surface area contributed by atoms with Gasteiger partial charge >= 0.3 is 0 Å². The lowest BCUT2D eigenvalue weighted by Gasteiger charge is -2.41. The first-order chi connectivity index (χ1) is 9.74. The van der Waals surface area contributed by atoms with Gasteiger partial charge in [0.1, 0.15) is 11.9 Å². The molecule has 2 N–H and O–H groups in total. The number of nitrogens with two attached hydrogens (primary N) is 1. The maximum Gasteiger partial charge on any atom is 0.140 e. The van der Waals surface area contributed by atoms with E-state index in [1.807, 2.05) is 6.07 Å². The molecule has 1 saturated heterocycles. The molecule has 4 nitrogen and oxygen atoms in total. The summed E-state index contributed by atoms with van der Waals surface area (Å²) in [7, 11) is 0. The smallest absolute Gasteiger partial charge is 0.140 e. The molecule has 1 aliphatic carbocycles. The maximum atomic E-state index is 13.5. The van der Waals surface area contributed by atoms with Gasteiger partial charge in [0.15, 0.2) is 0 Å². The van der Waals surface area contributed by atoms with Crippen molar-refractivity contribution in [3.05, 3.63) is 35.1 Å². The zero-order valence-corrected chi connectivity index (χ0v) is 11.3. The monoisotopic (exact) mass is 275 g/mol. The average Bonchev–Trinajstić information content (AvgIpc) is 3.31. The number of nitrogens with zero attached hydrogens (tertiary/aromatic N) is 2. The normalized spacial score (nSPS) is 27.2. The zero-order chi connectivity index (χ0) is 14.1. The highest BCUT2D eigenvalue weighted by atomic mass is 19.1. The van der Waals surface area contributed by atoms with Crippen LogP contribution in [0.5, 0.6) is 0 Å². The van der Waals surface area contributed by atoms with E-state index in [0.29, 0.717) is 19.2 Å². The van der Waals surface area contributed by atoms with Crippen LogP contribution in [0.1, 0.15) is 30.0 Å². The summed E-state index contributed by atoms with van der Waals surface area (Å²) in [6.07, 6.45) is 2.29.